The molecule has 11 nitrogen and oxygen atoms in total. The first-order valence-corrected chi connectivity index (χ1v) is 20.6. The lowest BCUT2D eigenvalue weighted by atomic mass is 9.90. The third-order valence-corrected chi connectivity index (χ3v) is 12.6. The van der Waals surface area contributed by atoms with Crippen LogP contribution >= 0.6 is 0 Å². The summed E-state index contributed by atoms with van der Waals surface area (Å²) in [6, 6.07) is 15.8. The molecule has 57 heavy (non-hydrogen) atoms. The number of amides is 3. The smallest absolute Gasteiger partial charge is 0.407 e. The number of aromatic amines is 1. The zero-order valence-electron chi connectivity index (χ0n) is 34.1. The Kier molecular flexibility index (Phi) is 12.3. The fraction of sp³-hybridized carbons (Fsp3) is 0.500. The number of rotatable bonds is 9. The molecule has 4 aliphatic rings. The highest BCUT2D eigenvalue weighted by atomic mass is 16.5. The number of allylic oxidation sites excluding steroid dienone is 1. The molecule has 0 aliphatic carbocycles. The Labute approximate surface area is 336 Å². The predicted molar refractivity (Wildman–Crippen MR) is 221 cm³/mol. The van der Waals surface area contributed by atoms with Crippen LogP contribution in [0.25, 0.3) is 16.8 Å². The van der Waals surface area contributed by atoms with E-state index in [0.29, 0.717) is 38.4 Å². The summed E-state index contributed by atoms with van der Waals surface area (Å²) < 4.78 is 10.4. The minimum atomic E-state index is -0.662. The maximum atomic E-state index is 14.1. The number of aliphatic imine (C=N–C) groups is 1. The van der Waals surface area contributed by atoms with E-state index in [0.717, 1.165) is 70.7 Å². The highest BCUT2D eigenvalue weighted by Crippen LogP contribution is 2.38. The SMILES string of the molecule is COC(=O)N[C@H](C(=O)N1[C@@H](C)CC[C@H]1C1=NC=C(c2ccc(C#Cc3ccc(-c4cnc([C@@H]5CC[C@H](C)N5C(=O)[C@@H](C)C(C)C)[nH]4)cc3)cc2)C1)C1CCOCC1. The minimum Gasteiger partial charge on any atom is -0.453 e. The first-order chi connectivity index (χ1) is 27.5. The number of alkyl carbamates (subject to hydrolysis) is 1. The molecule has 2 aromatic carbocycles. The minimum absolute atomic E-state index is 0.00912. The van der Waals surface area contributed by atoms with Crippen LogP contribution in [0, 0.1) is 29.6 Å². The number of hydrogen-bond donors (Lipinski definition) is 2. The average molecular weight is 773 g/mol. The van der Waals surface area contributed by atoms with Gasteiger partial charge in [0, 0.05) is 60.7 Å². The Morgan fingerprint density at radius 3 is 2.04 bits per heavy atom. The number of likely N-dealkylation sites (tertiary alicyclic amines) is 2. The molecule has 5 heterocycles. The van der Waals surface area contributed by atoms with E-state index in [1.165, 1.54) is 7.11 Å². The molecule has 0 saturated carbocycles. The number of methoxy groups -OCH3 is 1. The number of benzene rings is 2. The first-order valence-electron chi connectivity index (χ1n) is 20.6. The summed E-state index contributed by atoms with van der Waals surface area (Å²) in [5.41, 5.74) is 6.93. The van der Waals surface area contributed by atoms with Crippen molar-refractivity contribution >= 4 is 29.2 Å². The van der Waals surface area contributed by atoms with Crippen molar-refractivity contribution in [2.24, 2.45) is 22.7 Å². The van der Waals surface area contributed by atoms with Crippen LogP contribution in [0.5, 0.6) is 0 Å². The molecule has 3 fully saturated rings. The van der Waals surface area contributed by atoms with E-state index in [1.54, 1.807) is 0 Å². The number of imidazole rings is 1. The summed E-state index contributed by atoms with van der Waals surface area (Å²) in [6.07, 6.45) is 8.87. The number of H-pyrrole nitrogens is 1. The Balaban J connectivity index is 0.961. The second kappa shape index (κ2) is 17.5. The lowest BCUT2D eigenvalue weighted by molar-refractivity contribution is -0.139. The summed E-state index contributed by atoms with van der Waals surface area (Å²) in [4.78, 5) is 56.9. The molecule has 3 aromatic rings. The van der Waals surface area contributed by atoms with Crippen molar-refractivity contribution in [3.05, 3.63) is 83.4 Å². The third-order valence-electron chi connectivity index (χ3n) is 12.6. The van der Waals surface area contributed by atoms with Crippen LogP contribution in [-0.4, -0.2) is 87.9 Å². The lowest BCUT2D eigenvalue weighted by Gasteiger charge is -2.36. The van der Waals surface area contributed by atoms with Gasteiger partial charge in [-0.2, -0.15) is 0 Å². The van der Waals surface area contributed by atoms with Crippen molar-refractivity contribution in [3.8, 4) is 23.1 Å². The maximum Gasteiger partial charge on any atom is 0.407 e. The van der Waals surface area contributed by atoms with E-state index < -0.39 is 12.1 Å². The van der Waals surface area contributed by atoms with Gasteiger partial charge in [-0.25, -0.2) is 9.78 Å². The van der Waals surface area contributed by atoms with Gasteiger partial charge in [0.1, 0.15) is 11.9 Å². The normalized spacial score (nSPS) is 23.4. The third kappa shape index (κ3) is 8.71. The standard InChI is InChI=1S/C46H56N6O5/c1-28(2)31(5)44(53)52-30(4)8-20-41(52)43-48-27-39(49-43)35-17-13-33(14-18-35)10-9-32-11-15-34(16-12-32)37-25-38(47-26-37)40-19-7-29(3)51(40)45(54)42(50-46(55)56-6)36-21-23-57-24-22-36/h11-18,26-31,36,40-42H,7-8,19-25H2,1-6H3,(H,48,49)(H,50,55)/t29-,30-,31-,40-,41-,42-/m0/s1. The summed E-state index contributed by atoms with van der Waals surface area (Å²) >= 11 is 0. The van der Waals surface area contributed by atoms with Gasteiger partial charge in [0.2, 0.25) is 11.8 Å². The first kappa shape index (κ1) is 40.0. The molecule has 4 aliphatic heterocycles. The maximum absolute atomic E-state index is 14.1. The second-order valence-electron chi connectivity index (χ2n) is 16.5. The fourth-order valence-corrected chi connectivity index (χ4v) is 8.73. The fourth-order valence-electron chi connectivity index (χ4n) is 8.73. The second-order valence-corrected chi connectivity index (χ2v) is 16.5. The molecule has 0 unspecified atom stereocenters. The Morgan fingerprint density at radius 2 is 1.42 bits per heavy atom. The number of nitrogens with one attached hydrogen (secondary N) is 2. The van der Waals surface area contributed by atoms with Crippen LogP contribution in [0.2, 0.25) is 0 Å². The summed E-state index contributed by atoms with van der Waals surface area (Å²) in [5.74, 6) is 7.83. The van der Waals surface area contributed by atoms with E-state index in [2.05, 4.69) is 74.1 Å². The molecule has 11 heteroatoms. The number of nitrogens with zero attached hydrogens (tertiary/aromatic N) is 4. The van der Waals surface area contributed by atoms with E-state index in [4.69, 9.17) is 19.5 Å². The molecule has 0 bridgehead atoms. The Bertz CT molecular complexity index is 2050. The molecule has 6 atom stereocenters. The molecule has 2 N–H and O–H groups in total. The largest absolute Gasteiger partial charge is 0.453 e. The van der Waals surface area contributed by atoms with Crippen molar-refractivity contribution in [3.63, 3.8) is 0 Å². The molecule has 0 radical (unpaired) electrons. The highest BCUT2D eigenvalue weighted by Gasteiger charge is 2.44. The molecule has 7 rings (SSSR count). The van der Waals surface area contributed by atoms with Crippen molar-refractivity contribution in [1.82, 2.24) is 25.1 Å². The van der Waals surface area contributed by atoms with Crippen LogP contribution in [0.15, 0.2) is 65.9 Å². The van der Waals surface area contributed by atoms with Gasteiger partial charge >= 0.3 is 6.09 Å². The van der Waals surface area contributed by atoms with Crippen molar-refractivity contribution in [1.29, 1.82) is 0 Å². The van der Waals surface area contributed by atoms with E-state index in [9.17, 15) is 14.4 Å². The summed E-state index contributed by atoms with van der Waals surface area (Å²) in [7, 11) is 1.32. The van der Waals surface area contributed by atoms with Crippen molar-refractivity contribution < 1.29 is 23.9 Å². The van der Waals surface area contributed by atoms with Crippen LogP contribution < -0.4 is 5.32 Å². The molecule has 0 spiro atoms. The van der Waals surface area contributed by atoms with Crippen molar-refractivity contribution in [2.75, 3.05) is 20.3 Å². The van der Waals surface area contributed by atoms with Gasteiger partial charge in [0.15, 0.2) is 0 Å². The van der Waals surface area contributed by atoms with Gasteiger partial charge in [-0.15, -0.1) is 0 Å². The van der Waals surface area contributed by atoms with Crippen LogP contribution in [0.4, 0.5) is 4.79 Å². The number of hydrogen-bond acceptors (Lipinski definition) is 7. The quantitative estimate of drug-likeness (QED) is 0.217. The lowest BCUT2D eigenvalue weighted by Crippen LogP contribution is -2.56. The topological polar surface area (TPSA) is 129 Å². The highest BCUT2D eigenvalue weighted by molar-refractivity contribution is 6.04. The molecular formula is C46H56N6O5. The summed E-state index contributed by atoms with van der Waals surface area (Å²) in [5, 5.41) is 2.85. The number of carbonyl (C=O) groups excluding carboxylic acids is 3. The monoisotopic (exact) mass is 772 g/mol. The van der Waals surface area contributed by atoms with Gasteiger partial charge in [-0.05, 0) is 105 Å². The number of carbonyl (C=O) groups is 3. The molecule has 300 valence electrons. The van der Waals surface area contributed by atoms with Gasteiger partial charge < -0.3 is 29.6 Å². The Hall–Kier alpha value is -5.21. The Morgan fingerprint density at radius 1 is 0.825 bits per heavy atom. The van der Waals surface area contributed by atoms with E-state index in [-0.39, 0.29) is 47.8 Å². The van der Waals surface area contributed by atoms with Gasteiger partial charge in [-0.1, -0.05) is 56.9 Å². The predicted octanol–water partition coefficient (Wildman–Crippen LogP) is 7.54. The van der Waals surface area contributed by atoms with Gasteiger partial charge in [0.05, 0.1) is 31.1 Å². The van der Waals surface area contributed by atoms with Crippen LogP contribution in [0.1, 0.15) is 108 Å². The molecule has 1 aromatic heterocycles. The number of aromatic nitrogens is 2. The average Bonchev–Trinajstić information content (AvgIpc) is 4.06. The van der Waals surface area contributed by atoms with E-state index in [1.807, 2.05) is 53.4 Å². The van der Waals surface area contributed by atoms with Crippen LogP contribution in [-0.2, 0) is 19.1 Å². The van der Waals surface area contributed by atoms with Crippen LogP contribution in [0.3, 0.4) is 0 Å². The van der Waals surface area contributed by atoms with E-state index >= 15 is 0 Å². The molecular weight excluding hydrogens is 717 g/mol. The zero-order valence-corrected chi connectivity index (χ0v) is 34.1. The zero-order chi connectivity index (χ0) is 40.2. The number of ether oxygens (including phenoxy) is 2. The summed E-state index contributed by atoms with van der Waals surface area (Å²) in [6.45, 7) is 11.6. The molecule has 3 saturated heterocycles. The van der Waals surface area contributed by atoms with Gasteiger partial charge in [0.25, 0.3) is 0 Å². The molecule has 3 amide bonds. The van der Waals surface area contributed by atoms with Gasteiger partial charge in [-0.3, -0.25) is 14.6 Å². The van der Waals surface area contributed by atoms with Crippen molar-refractivity contribution in [2.45, 2.75) is 110 Å².